The number of primary amides is 1. The lowest BCUT2D eigenvalue weighted by atomic mass is 10.1. The average Bonchev–Trinajstić information content (AvgIpc) is 2.97. The Labute approximate surface area is 244 Å². The molecule has 4 aromatic carbocycles. The molecule has 0 spiro atoms. The first-order chi connectivity index (χ1) is 19.7. The summed E-state index contributed by atoms with van der Waals surface area (Å²) in [5.41, 5.74) is 7.01. The number of nitrogens with one attached hydrogen (secondary N) is 2. The molecule has 41 heavy (non-hydrogen) atoms. The van der Waals surface area contributed by atoms with E-state index in [4.69, 9.17) is 38.4 Å². The molecule has 0 aliphatic rings. The third kappa shape index (κ3) is 6.49. The number of benzene rings is 4. The van der Waals surface area contributed by atoms with Gasteiger partial charge in [0.05, 0.1) is 52.0 Å². The second kappa shape index (κ2) is 13.0. The van der Waals surface area contributed by atoms with E-state index in [1.807, 2.05) is 6.07 Å². The highest BCUT2D eigenvalue weighted by Gasteiger charge is 2.18. The Morgan fingerprint density at radius 1 is 0.829 bits per heavy atom. The molecule has 0 aliphatic heterocycles. The summed E-state index contributed by atoms with van der Waals surface area (Å²) in [4.78, 5) is 43.0. The van der Waals surface area contributed by atoms with Crippen LogP contribution in [0.3, 0.4) is 0 Å². The van der Waals surface area contributed by atoms with Crippen LogP contribution in [0.15, 0.2) is 89.7 Å². The minimum absolute atomic E-state index is 0.195. The first-order valence-electron chi connectivity index (χ1n) is 12.1. The number of para-hydroxylation sites is 2. The summed E-state index contributed by atoms with van der Waals surface area (Å²) in [7, 11) is 2.99. The number of carbonyl (C=O) groups excluding carboxylic acids is 2. The van der Waals surface area contributed by atoms with Gasteiger partial charge in [0.2, 0.25) is 0 Å². The van der Waals surface area contributed by atoms with E-state index in [9.17, 15) is 14.4 Å². The Kier molecular flexibility index (Phi) is 9.23. The van der Waals surface area contributed by atoms with Gasteiger partial charge in [-0.15, -0.1) is 0 Å². The van der Waals surface area contributed by atoms with Gasteiger partial charge >= 0.3 is 0 Å². The average molecular weight is 591 g/mol. The Hall–Kier alpha value is -4.86. The summed E-state index contributed by atoms with van der Waals surface area (Å²) >= 11 is 12.2. The number of ether oxygens (including phenoxy) is 2. The molecule has 4 N–H and O–H groups in total. The number of anilines is 1. The second-order valence-corrected chi connectivity index (χ2v) is 9.24. The minimum Gasteiger partial charge on any atom is -0.496 e. The number of aromatic amines is 1. The molecule has 0 saturated heterocycles. The van der Waals surface area contributed by atoms with Crippen LogP contribution in [0.1, 0.15) is 20.7 Å². The summed E-state index contributed by atoms with van der Waals surface area (Å²) < 4.78 is 10.4. The van der Waals surface area contributed by atoms with Gasteiger partial charge in [-0.25, -0.2) is 4.98 Å². The van der Waals surface area contributed by atoms with Crippen molar-refractivity contribution in [3.8, 4) is 22.9 Å². The van der Waals surface area contributed by atoms with E-state index >= 15 is 0 Å². The maximum atomic E-state index is 12.4. The van der Waals surface area contributed by atoms with Gasteiger partial charge in [0.25, 0.3) is 17.4 Å². The molecule has 0 fully saturated rings. The van der Waals surface area contributed by atoms with E-state index in [1.165, 1.54) is 13.2 Å². The number of hydrogen-bond donors (Lipinski definition) is 3. The van der Waals surface area contributed by atoms with Crippen LogP contribution in [0.5, 0.6) is 11.5 Å². The van der Waals surface area contributed by atoms with Crippen LogP contribution in [0.25, 0.3) is 22.3 Å². The Morgan fingerprint density at radius 2 is 1.46 bits per heavy atom. The fraction of sp³-hybridized carbons (Fsp3) is 0.0667. The molecule has 9 nitrogen and oxygen atoms in total. The molecule has 11 heteroatoms. The number of nitrogens with two attached hydrogens (primary N) is 1. The monoisotopic (exact) mass is 590 g/mol. The number of H-pyrrole nitrogens is 1. The number of rotatable bonds is 6. The summed E-state index contributed by atoms with van der Waals surface area (Å²) in [6.45, 7) is 0. The van der Waals surface area contributed by atoms with Crippen molar-refractivity contribution in [3.63, 3.8) is 0 Å². The quantitative estimate of drug-likeness (QED) is 0.223. The van der Waals surface area contributed by atoms with E-state index in [-0.39, 0.29) is 21.7 Å². The number of amides is 2. The van der Waals surface area contributed by atoms with Gasteiger partial charge in [-0.2, -0.15) is 0 Å². The zero-order valence-corrected chi connectivity index (χ0v) is 23.4. The van der Waals surface area contributed by atoms with Crippen molar-refractivity contribution >= 4 is 51.6 Å². The minimum atomic E-state index is -0.628. The number of carbonyl (C=O) groups is 2. The molecule has 0 bridgehead atoms. The van der Waals surface area contributed by atoms with Crippen molar-refractivity contribution in [1.82, 2.24) is 9.97 Å². The Morgan fingerprint density at radius 3 is 2.17 bits per heavy atom. The number of halogens is 2. The zero-order chi connectivity index (χ0) is 29.5. The highest BCUT2D eigenvalue weighted by molar-refractivity contribution is 6.35. The summed E-state index contributed by atoms with van der Waals surface area (Å²) in [5, 5.41) is 3.89. The molecular weight excluding hydrogens is 567 g/mol. The fourth-order valence-electron chi connectivity index (χ4n) is 4.00. The van der Waals surface area contributed by atoms with Crippen molar-refractivity contribution in [2.75, 3.05) is 19.5 Å². The van der Waals surface area contributed by atoms with E-state index < -0.39 is 11.8 Å². The van der Waals surface area contributed by atoms with Gasteiger partial charge in [0.1, 0.15) is 22.9 Å². The van der Waals surface area contributed by atoms with Crippen molar-refractivity contribution in [2.45, 2.75) is 0 Å². The van der Waals surface area contributed by atoms with Crippen LogP contribution < -0.4 is 26.1 Å². The predicted molar refractivity (Wildman–Crippen MR) is 160 cm³/mol. The highest BCUT2D eigenvalue weighted by Crippen LogP contribution is 2.34. The SMILES string of the molecule is COc1cccc(Cl)c1-c1nc2ccccc2c(=O)[nH]1.COc1cccc(Cl)c1C(=O)Nc1ccccc1C(N)=O. The number of hydrogen-bond acceptors (Lipinski definition) is 6. The van der Waals surface area contributed by atoms with Gasteiger partial charge in [-0.1, -0.05) is 59.6 Å². The van der Waals surface area contributed by atoms with E-state index in [2.05, 4.69) is 15.3 Å². The third-order valence-corrected chi connectivity index (χ3v) is 6.54. The first kappa shape index (κ1) is 29.1. The molecule has 1 heterocycles. The molecular formula is C30H24Cl2N4O5. The summed E-state index contributed by atoms with van der Waals surface area (Å²) in [5.74, 6) is 0.201. The molecule has 208 valence electrons. The first-order valence-corrected chi connectivity index (χ1v) is 12.8. The van der Waals surface area contributed by atoms with Crippen molar-refractivity contribution in [3.05, 3.63) is 116 Å². The van der Waals surface area contributed by atoms with Crippen LogP contribution in [0.2, 0.25) is 10.0 Å². The molecule has 5 aromatic rings. The van der Waals surface area contributed by atoms with Gasteiger partial charge in [0.15, 0.2) is 0 Å². The maximum absolute atomic E-state index is 12.4. The molecule has 2 amide bonds. The Bertz CT molecular complexity index is 1810. The third-order valence-electron chi connectivity index (χ3n) is 5.91. The smallest absolute Gasteiger partial charge is 0.260 e. The van der Waals surface area contributed by atoms with Gasteiger partial charge in [-0.05, 0) is 48.5 Å². The predicted octanol–water partition coefficient (Wildman–Crippen LogP) is 5.95. The number of fused-ring (bicyclic) bond motifs is 1. The lowest BCUT2D eigenvalue weighted by Crippen LogP contribution is -2.19. The van der Waals surface area contributed by atoms with E-state index in [0.29, 0.717) is 44.5 Å². The highest BCUT2D eigenvalue weighted by atomic mass is 35.5. The summed E-state index contributed by atoms with van der Waals surface area (Å²) in [6, 6.07) is 23.8. The van der Waals surface area contributed by atoms with E-state index in [1.54, 1.807) is 79.9 Å². The molecule has 1 aromatic heterocycles. The van der Waals surface area contributed by atoms with Crippen molar-refractivity contribution < 1.29 is 19.1 Å². The fourth-order valence-corrected chi connectivity index (χ4v) is 4.50. The number of nitrogens with zero attached hydrogens (tertiary/aromatic N) is 1. The Balaban J connectivity index is 0.000000189. The van der Waals surface area contributed by atoms with Crippen LogP contribution in [0, 0.1) is 0 Å². The normalized spacial score (nSPS) is 10.3. The topological polar surface area (TPSA) is 136 Å². The molecule has 0 aliphatic carbocycles. The lowest BCUT2D eigenvalue weighted by Gasteiger charge is -2.12. The maximum Gasteiger partial charge on any atom is 0.260 e. The standard InChI is InChI=1S/C15H13ClN2O3.C15H11ClN2O2/c1-21-12-8-4-6-10(16)13(12)15(20)18-11-7-3-2-5-9(11)14(17)19;1-20-12-8-4-6-10(16)13(12)14-17-11-7-3-2-5-9(11)15(19)18-14/h2-8H,1H3,(H2,17,19)(H,18,20);2-8H,1H3,(H,17,18,19). The van der Waals surface area contributed by atoms with Crippen molar-refractivity contribution in [2.24, 2.45) is 5.73 Å². The second-order valence-electron chi connectivity index (χ2n) is 8.43. The van der Waals surface area contributed by atoms with Crippen LogP contribution in [-0.4, -0.2) is 36.0 Å². The number of aromatic nitrogens is 2. The van der Waals surface area contributed by atoms with Gasteiger partial charge in [-0.3, -0.25) is 14.4 Å². The van der Waals surface area contributed by atoms with Gasteiger partial charge in [0, 0.05) is 0 Å². The zero-order valence-electron chi connectivity index (χ0n) is 21.9. The van der Waals surface area contributed by atoms with Crippen LogP contribution in [-0.2, 0) is 0 Å². The van der Waals surface area contributed by atoms with Gasteiger partial charge < -0.3 is 25.5 Å². The van der Waals surface area contributed by atoms with Crippen LogP contribution >= 0.6 is 23.2 Å². The molecule has 0 saturated carbocycles. The molecule has 0 radical (unpaired) electrons. The molecule has 5 rings (SSSR count). The molecule has 0 unspecified atom stereocenters. The largest absolute Gasteiger partial charge is 0.496 e. The molecule has 0 atom stereocenters. The lowest BCUT2D eigenvalue weighted by molar-refractivity contribution is 0.100. The number of methoxy groups -OCH3 is 2. The van der Waals surface area contributed by atoms with E-state index in [0.717, 1.165) is 0 Å². The van der Waals surface area contributed by atoms with Crippen molar-refractivity contribution in [1.29, 1.82) is 0 Å². The van der Waals surface area contributed by atoms with Crippen LogP contribution in [0.4, 0.5) is 5.69 Å². The summed E-state index contributed by atoms with van der Waals surface area (Å²) in [6.07, 6.45) is 0.